The Balaban J connectivity index is 2.82. The van der Waals surface area contributed by atoms with Crippen molar-refractivity contribution >= 4 is 11.7 Å². The normalized spacial score (nSPS) is 10.5. The summed E-state index contributed by atoms with van der Waals surface area (Å²) in [5, 5.41) is 8.80. The molecule has 0 radical (unpaired) electrons. The fraction of sp³-hybridized carbons (Fsp3) is 0.462. The van der Waals surface area contributed by atoms with E-state index in [2.05, 4.69) is 25.7 Å². The molecule has 0 bridgehead atoms. The van der Waals surface area contributed by atoms with Gasteiger partial charge in [0.05, 0.1) is 5.56 Å². The molecular formula is C13H19NO2. The largest absolute Gasteiger partial charge is 0.478 e. The minimum Gasteiger partial charge on any atom is -0.478 e. The van der Waals surface area contributed by atoms with Gasteiger partial charge in [-0.2, -0.15) is 0 Å². The second-order valence-corrected chi connectivity index (χ2v) is 4.28. The molecule has 3 heteroatoms. The van der Waals surface area contributed by atoms with Crippen molar-refractivity contribution in [1.29, 1.82) is 0 Å². The van der Waals surface area contributed by atoms with Crippen molar-refractivity contribution in [2.45, 2.75) is 20.8 Å². The van der Waals surface area contributed by atoms with Gasteiger partial charge >= 0.3 is 5.97 Å². The van der Waals surface area contributed by atoms with Gasteiger partial charge in [-0.25, -0.2) is 4.79 Å². The monoisotopic (exact) mass is 221 g/mol. The topological polar surface area (TPSA) is 40.5 Å². The van der Waals surface area contributed by atoms with Crippen LogP contribution in [-0.4, -0.2) is 24.2 Å². The van der Waals surface area contributed by atoms with E-state index in [1.165, 1.54) is 0 Å². The van der Waals surface area contributed by atoms with Gasteiger partial charge in [-0.1, -0.05) is 13.8 Å². The maximum Gasteiger partial charge on any atom is 0.335 e. The van der Waals surface area contributed by atoms with Crippen LogP contribution in [0, 0.1) is 5.92 Å². The minimum atomic E-state index is -0.876. The van der Waals surface area contributed by atoms with Gasteiger partial charge in [0.15, 0.2) is 0 Å². The molecule has 1 aromatic rings. The third kappa shape index (κ3) is 3.26. The van der Waals surface area contributed by atoms with Gasteiger partial charge in [-0.3, -0.25) is 0 Å². The minimum absolute atomic E-state index is 0.337. The number of benzene rings is 1. The lowest BCUT2D eigenvalue weighted by molar-refractivity contribution is 0.0697. The number of hydrogen-bond acceptors (Lipinski definition) is 2. The van der Waals surface area contributed by atoms with Crippen molar-refractivity contribution < 1.29 is 9.90 Å². The van der Waals surface area contributed by atoms with Crippen molar-refractivity contribution in [3.05, 3.63) is 29.8 Å². The molecule has 0 atom stereocenters. The highest BCUT2D eigenvalue weighted by Gasteiger charge is 2.07. The van der Waals surface area contributed by atoms with Gasteiger partial charge in [-0.15, -0.1) is 0 Å². The molecule has 3 nitrogen and oxygen atoms in total. The second-order valence-electron chi connectivity index (χ2n) is 4.28. The maximum absolute atomic E-state index is 10.7. The Morgan fingerprint density at radius 2 is 1.88 bits per heavy atom. The molecule has 0 unspecified atom stereocenters. The van der Waals surface area contributed by atoms with Gasteiger partial charge in [0.25, 0.3) is 0 Å². The Morgan fingerprint density at radius 3 is 2.25 bits per heavy atom. The van der Waals surface area contributed by atoms with E-state index in [1.54, 1.807) is 12.1 Å². The van der Waals surface area contributed by atoms with Gasteiger partial charge < -0.3 is 10.0 Å². The van der Waals surface area contributed by atoms with Crippen LogP contribution in [0.3, 0.4) is 0 Å². The molecule has 0 heterocycles. The van der Waals surface area contributed by atoms with Crippen LogP contribution in [0.2, 0.25) is 0 Å². The van der Waals surface area contributed by atoms with E-state index >= 15 is 0 Å². The Morgan fingerprint density at radius 1 is 1.31 bits per heavy atom. The smallest absolute Gasteiger partial charge is 0.335 e. The molecule has 16 heavy (non-hydrogen) atoms. The average Bonchev–Trinajstić information content (AvgIpc) is 2.25. The molecule has 0 amide bonds. The van der Waals surface area contributed by atoms with Crippen molar-refractivity contribution in [3.63, 3.8) is 0 Å². The van der Waals surface area contributed by atoms with E-state index < -0.39 is 5.97 Å². The number of carbonyl (C=O) groups is 1. The lowest BCUT2D eigenvalue weighted by Gasteiger charge is -2.25. The number of aromatic carboxylic acids is 1. The van der Waals surface area contributed by atoms with Crippen LogP contribution in [-0.2, 0) is 0 Å². The summed E-state index contributed by atoms with van der Waals surface area (Å²) >= 11 is 0. The van der Waals surface area contributed by atoms with Gasteiger partial charge in [0.1, 0.15) is 0 Å². The number of carboxylic acid groups (broad SMARTS) is 1. The highest BCUT2D eigenvalue weighted by atomic mass is 16.4. The highest BCUT2D eigenvalue weighted by Crippen LogP contribution is 2.16. The summed E-state index contributed by atoms with van der Waals surface area (Å²) in [5.74, 6) is -0.280. The summed E-state index contributed by atoms with van der Waals surface area (Å²) in [6.45, 7) is 8.38. The van der Waals surface area contributed by atoms with E-state index in [-0.39, 0.29) is 0 Å². The first-order valence-electron chi connectivity index (χ1n) is 5.63. The number of carboxylic acids is 1. The summed E-state index contributed by atoms with van der Waals surface area (Å²) in [6, 6.07) is 7.05. The molecule has 1 aromatic carbocycles. The Labute approximate surface area is 96.7 Å². The molecule has 88 valence electrons. The summed E-state index contributed by atoms with van der Waals surface area (Å²) in [7, 11) is 0. The molecule has 0 aliphatic carbocycles. The van der Waals surface area contributed by atoms with Crippen LogP contribution >= 0.6 is 0 Å². The zero-order valence-electron chi connectivity index (χ0n) is 10.1. The summed E-state index contributed by atoms with van der Waals surface area (Å²) < 4.78 is 0. The lowest BCUT2D eigenvalue weighted by Crippen LogP contribution is -2.27. The standard InChI is InChI=1S/C13H19NO2/c1-4-14(9-10(2)3)12-7-5-11(6-8-12)13(15)16/h5-8,10H,4,9H2,1-3H3,(H,15,16). The SMILES string of the molecule is CCN(CC(C)C)c1ccc(C(=O)O)cc1. The predicted molar refractivity (Wildman–Crippen MR) is 66.1 cm³/mol. The first-order valence-corrected chi connectivity index (χ1v) is 5.63. The van der Waals surface area contributed by atoms with Crippen molar-refractivity contribution in [2.24, 2.45) is 5.92 Å². The first-order chi connectivity index (χ1) is 7.54. The van der Waals surface area contributed by atoms with Crippen LogP contribution < -0.4 is 4.90 Å². The van der Waals surface area contributed by atoms with Crippen LogP contribution in [0.15, 0.2) is 24.3 Å². The van der Waals surface area contributed by atoms with Gasteiger partial charge in [-0.05, 0) is 37.1 Å². The number of rotatable bonds is 5. The second kappa shape index (κ2) is 5.54. The van der Waals surface area contributed by atoms with Crippen LogP contribution in [0.1, 0.15) is 31.1 Å². The summed E-state index contributed by atoms with van der Waals surface area (Å²) in [6.07, 6.45) is 0. The fourth-order valence-corrected chi connectivity index (χ4v) is 1.67. The van der Waals surface area contributed by atoms with Crippen molar-refractivity contribution in [3.8, 4) is 0 Å². The van der Waals surface area contributed by atoms with Gasteiger partial charge in [0, 0.05) is 18.8 Å². The molecule has 0 spiro atoms. The average molecular weight is 221 g/mol. The number of hydrogen-bond donors (Lipinski definition) is 1. The number of anilines is 1. The van der Waals surface area contributed by atoms with Crippen LogP contribution in [0.4, 0.5) is 5.69 Å². The van der Waals surface area contributed by atoms with E-state index in [4.69, 9.17) is 5.11 Å². The molecule has 0 fully saturated rings. The lowest BCUT2D eigenvalue weighted by atomic mass is 10.1. The third-order valence-corrected chi connectivity index (χ3v) is 2.45. The predicted octanol–water partition coefficient (Wildman–Crippen LogP) is 2.87. The molecular weight excluding hydrogens is 202 g/mol. The van der Waals surface area contributed by atoms with Crippen molar-refractivity contribution in [1.82, 2.24) is 0 Å². The Kier molecular flexibility index (Phi) is 4.35. The zero-order chi connectivity index (χ0) is 12.1. The molecule has 0 saturated carbocycles. The quantitative estimate of drug-likeness (QED) is 0.831. The van der Waals surface area contributed by atoms with E-state index in [0.717, 1.165) is 18.8 Å². The summed E-state index contributed by atoms with van der Waals surface area (Å²) in [5.41, 5.74) is 1.42. The molecule has 0 aliphatic heterocycles. The van der Waals surface area contributed by atoms with E-state index in [0.29, 0.717) is 11.5 Å². The molecule has 1 rings (SSSR count). The van der Waals surface area contributed by atoms with E-state index in [9.17, 15) is 4.79 Å². The maximum atomic E-state index is 10.7. The first kappa shape index (κ1) is 12.6. The third-order valence-electron chi connectivity index (χ3n) is 2.45. The molecule has 1 N–H and O–H groups in total. The van der Waals surface area contributed by atoms with Crippen LogP contribution in [0.5, 0.6) is 0 Å². The fourth-order valence-electron chi connectivity index (χ4n) is 1.67. The molecule has 0 aromatic heterocycles. The van der Waals surface area contributed by atoms with Crippen molar-refractivity contribution in [2.75, 3.05) is 18.0 Å². The highest BCUT2D eigenvalue weighted by molar-refractivity contribution is 5.88. The molecule has 0 aliphatic rings. The Bertz CT molecular complexity index is 343. The van der Waals surface area contributed by atoms with Gasteiger partial charge in [0.2, 0.25) is 0 Å². The van der Waals surface area contributed by atoms with E-state index in [1.807, 2.05) is 12.1 Å². The van der Waals surface area contributed by atoms with Crippen LogP contribution in [0.25, 0.3) is 0 Å². The molecule has 0 saturated heterocycles. The Hall–Kier alpha value is -1.51. The zero-order valence-corrected chi connectivity index (χ0v) is 10.1. The number of nitrogens with zero attached hydrogens (tertiary/aromatic N) is 1. The summed E-state index contributed by atoms with van der Waals surface area (Å²) in [4.78, 5) is 13.0.